The third kappa shape index (κ3) is 2.93. The maximum absolute atomic E-state index is 12.6. The van der Waals surface area contributed by atoms with Crippen LogP contribution < -0.4 is 0 Å². The number of aliphatic hydroxyl groups is 1. The number of ether oxygens (including phenoxy) is 2. The summed E-state index contributed by atoms with van der Waals surface area (Å²) >= 11 is 0. The van der Waals surface area contributed by atoms with E-state index in [1.54, 1.807) is 12.2 Å². The first-order valence-corrected chi connectivity index (χ1v) is 8.35. The van der Waals surface area contributed by atoms with E-state index in [0.29, 0.717) is 6.42 Å². The van der Waals surface area contributed by atoms with Gasteiger partial charge in [0, 0.05) is 11.8 Å². The van der Waals surface area contributed by atoms with E-state index in [2.05, 4.69) is 13.0 Å². The van der Waals surface area contributed by atoms with E-state index >= 15 is 0 Å². The molecule has 5 nitrogen and oxygen atoms in total. The molecule has 5 heteroatoms. The largest absolute Gasteiger partial charge is 0.468 e. The molecule has 0 fully saturated rings. The molecule has 0 spiro atoms. The zero-order valence-corrected chi connectivity index (χ0v) is 14.7. The Hall–Kier alpha value is -1.88. The molecule has 0 saturated heterocycles. The molecule has 2 aliphatic carbocycles. The summed E-state index contributed by atoms with van der Waals surface area (Å²) < 4.78 is 9.89. The standard InChI is InChI=1S/C19H26O5/c1-5-6-7-12(2)15-11-19(17(21)23-3,18(22)24-4)16-10-13(20)8-9-14(15)16/h7-9,11,13-14,16,20H,5-6,10H2,1-4H3/b12-7+/t13-,14+,16+/m0/s1. The van der Waals surface area contributed by atoms with Gasteiger partial charge in [-0.05, 0) is 25.3 Å². The average molecular weight is 334 g/mol. The number of hydrogen-bond acceptors (Lipinski definition) is 5. The summed E-state index contributed by atoms with van der Waals surface area (Å²) in [6, 6.07) is 0. The van der Waals surface area contributed by atoms with Gasteiger partial charge in [-0.25, -0.2) is 0 Å². The van der Waals surface area contributed by atoms with Crippen molar-refractivity contribution in [2.24, 2.45) is 17.3 Å². The molecule has 0 unspecified atom stereocenters. The molecule has 0 saturated carbocycles. The number of fused-ring (bicyclic) bond motifs is 1. The molecule has 24 heavy (non-hydrogen) atoms. The quantitative estimate of drug-likeness (QED) is 0.475. The Morgan fingerprint density at radius 2 is 1.92 bits per heavy atom. The maximum Gasteiger partial charge on any atom is 0.327 e. The van der Waals surface area contributed by atoms with Crippen LogP contribution in [0.4, 0.5) is 0 Å². The lowest BCUT2D eigenvalue weighted by Crippen LogP contribution is -2.47. The lowest BCUT2D eigenvalue weighted by Gasteiger charge is -2.35. The third-order valence-corrected chi connectivity index (χ3v) is 5.04. The summed E-state index contributed by atoms with van der Waals surface area (Å²) in [6.07, 6.45) is 9.01. The van der Waals surface area contributed by atoms with E-state index in [-0.39, 0.29) is 5.92 Å². The van der Waals surface area contributed by atoms with Crippen molar-refractivity contribution in [3.63, 3.8) is 0 Å². The molecule has 0 aromatic carbocycles. The van der Waals surface area contributed by atoms with Crippen molar-refractivity contribution in [1.82, 2.24) is 0 Å². The summed E-state index contributed by atoms with van der Waals surface area (Å²) in [7, 11) is 2.53. The Morgan fingerprint density at radius 3 is 2.46 bits per heavy atom. The molecule has 0 aliphatic heterocycles. The first kappa shape index (κ1) is 18.5. The van der Waals surface area contributed by atoms with Gasteiger partial charge < -0.3 is 14.6 Å². The minimum Gasteiger partial charge on any atom is -0.468 e. The highest BCUT2D eigenvalue weighted by Crippen LogP contribution is 2.53. The van der Waals surface area contributed by atoms with Crippen molar-refractivity contribution in [2.75, 3.05) is 14.2 Å². The van der Waals surface area contributed by atoms with Crippen LogP contribution in [-0.2, 0) is 19.1 Å². The summed E-state index contributed by atoms with van der Waals surface area (Å²) in [4.78, 5) is 25.2. The number of rotatable bonds is 5. The van der Waals surface area contributed by atoms with Gasteiger partial charge in [0.1, 0.15) is 0 Å². The fourth-order valence-corrected chi connectivity index (χ4v) is 3.80. The monoisotopic (exact) mass is 334 g/mol. The van der Waals surface area contributed by atoms with Crippen molar-refractivity contribution in [1.29, 1.82) is 0 Å². The number of methoxy groups -OCH3 is 2. The SMILES string of the molecule is CCC/C=C(\C)C1=CC(C(=O)OC)(C(=O)OC)[C@@H]2C[C@@H](O)C=C[C@H]12. The number of unbranched alkanes of at least 4 members (excludes halogenated alkanes) is 1. The number of allylic oxidation sites excluding steroid dienone is 4. The van der Waals surface area contributed by atoms with Gasteiger partial charge in [-0.3, -0.25) is 9.59 Å². The van der Waals surface area contributed by atoms with Gasteiger partial charge in [0.2, 0.25) is 0 Å². The van der Waals surface area contributed by atoms with Gasteiger partial charge in [-0.15, -0.1) is 0 Å². The van der Waals surface area contributed by atoms with Crippen LogP contribution in [-0.4, -0.2) is 37.4 Å². The Morgan fingerprint density at radius 1 is 1.29 bits per heavy atom. The predicted octanol–water partition coefficient (Wildman–Crippen LogP) is 2.56. The number of aliphatic hydroxyl groups excluding tert-OH is 1. The molecule has 0 heterocycles. The highest BCUT2D eigenvalue weighted by atomic mass is 16.5. The molecule has 2 aliphatic rings. The zero-order chi connectivity index (χ0) is 17.9. The highest BCUT2D eigenvalue weighted by molar-refractivity contribution is 6.04. The number of esters is 2. The lowest BCUT2D eigenvalue weighted by atomic mass is 9.69. The van der Waals surface area contributed by atoms with Crippen LogP contribution in [0.25, 0.3) is 0 Å². The van der Waals surface area contributed by atoms with Crippen LogP contribution >= 0.6 is 0 Å². The number of carbonyl (C=O) groups is 2. The Labute approximate surface area is 143 Å². The van der Waals surface area contributed by atoms with Gasteiger partial charge >= 0.3 is 11.9 Å². The van der Waals surface area contributed by atoms with E-state index in [1.165, 1.54) is 14.2 Å². The van der Waals surface area contributed by atoms with E-state index in [4.69, 9.17) is 9.47 Å². The first-order chi connectivity index (χ1) is 11.4. The third-order valence-electron chi connectivity index (χ3n) is 5.04. The Kier molecular flexibility index (Phi) is 5.65. The minimum absolute atomic E-state index is 0.111. The number of carbonyl (C=O) groups excluding carboxylic acids is 2. The highest BCUT2D eigenvalue weighted by Gasteiger charge is 2.60. The second-order valence-corrected chi connectivity index (χ2v) is 6.45. The molecule has 0 bridgehead atoms. The lowest BCUT2D eigenvalue weighted by molar-refractivity contribution is -0.169. The smallest absolute Gasteiger partial charge is 0.327 e. The van der Waals surface area contributed by atoms with Gasteiger partial charge in [0.25, 0.3) is 0 Å². The van der Waals surface area contributed by atoms with Crippen LogP contribution in [0.2, 0.25) is 0 Å². The first-order valence-electron chi connectivity index (χ1n) is 8.35. The zero-order valence-electron chi connectivity index (χ0n) is 14.7. The van der Waals surface area contributed by atoms with Crippen LogP contribution in [0.5, 0.6) is 0 Å². The fourth-order valence-electron chi connectivity index (χ4n) is 3.80. The molecule has 3 atom stereocenters. The number of hydrogen-bond donors (Lipinski definition) is 1. The summed E-state index contributed by atoms with van der Waals surface area (Å²) in [5.41, 5.74) is 0.478. The Bertz CT molecular complexity index is 583. The van der Waals surface area contributed by atoms with Crippen molar-refractivity contribution < 1.29 is 24.2 Å². The Balaban J connectivity index is 2.59. The molecule has 132 valence electrons. The van der Waals surface area contributed by atoms with E-state index in [0.717, 1.165) is 24.0 Å². The fraction of sp³-hybridized carbons (Fsp3) is 0.579. The molecule has 0 amide bonds. The van der Waals surface area contributed by atoms with E-state index in [9.17, 15) is 14.7 Å². The topological polar surface area (TPSA) is 72.8 Å². The summed E-state index contributed by atoms with van der Waals surface area (Å²) in [6.45, 7) is 4.09. The summed E-state index contributed by atoms with van der Waals surface area (Å²) in [5, 5.41) is 10.0. The summed E-state index contributed by atoms with van der Waals surface area (Å²) in [5.74, 6) is -1.78. The van der Waals surface area contributed by atoms with Gasteiger partial charge in [0.05, 0.1) is 20.3 Å². The van der Waals surface area contributed by atoms with Crippen LogP contribution in [0.15, 0.2) is 35.5 Å². The maximum atomic E-state index is 12.6. The van der Waals surface area contributed by atoms with E-state index in [1.807, 2.05) is 13.0 Å². The normalized spacial score (nSPS) is 28.1. The van der Waals surface area contributed by atoms with Crippen molar-refractivity contribution in [3.05, 3.63) is 35.5 Å². The predicted molar refractivity (Wildman–Crippen MR) is 90.0 cm³/mol. The molecule has 0 aromatic rings. The van der Waals surface area contributed by atoms with E-state index < -0.39 is 29.4 Å². The second-order valence-electron chi connectivity index (χ2n) is 6.45. The van der Waals surface area contributed by atoms with Gasteiger partial charge in [-0.1, -0.05) is 43.2 Å². The van der Waals surface area contributed by atoms with Crippen LogP contribution in [0, 0.1) is 17.3 Å². The van der Waals surface area contributed by atoms with Crippen LogP contribution in [0.3, 0.4) is 0 Å². The molecular weight excluding hydrogens is 308 g/mol. The van der Waals surface area contributed by atoms with Gasteiger partial charge in [0.15, 0.2) is 5.41 Å². The van der Waals surface area contributed by atoms with Crippen molar-refractivity contribution in [3.8, 4) is 0 Å². The molecule has 0 aromatic heterocycles. The average Bonchev–Trinajstić information content (AvgIpc) is 2.93. The van der Waals surface area contributed by atoms with Crippen molar-refractivity contribution >= 4 is 11.9 Å². The molecule has 1 N–H and O–H groups in total. The van der Waals surface area contributed by atoms with Gasteiger partial charge in [-0.2, -0.15) is 0 Å². The molecule has 2 rings (SSSR count). The molecular formula is C19H26O5. The minimum atomic E-state index is -1.50. The molecule has 0 radical (unpaired) electrons. The van der Waals surface area contributed by atoms with Crippen LogP contribution in [0.1, 0.15) is 33.1 Å². The second kappa shape index (κ2) is 7.34. The van der Waals surface area contributed by atoms with Crippen molar-refractivity contribution in [2.45, 2.75) is 39.2 Å².